The number of aliphatic hydroxyl groups is 1. The molecule has 2 atom stereocenters. The number of rotatable bonds is 3. The zero-order valence-corrected chi connectivity index (χ0v) is 11.3. The fraction of sp³-hybridized carbons (Fsp3) is 0.417. The summed E-state index contributed by atoms with van der Waals surface area (Å²) in [6.45, 7) is 3.26. The summed E-state index contributed by atoms with van der Waals surface area (Å²) in [6.07, 6.45) is -2.02. The van der Waals surface area contributed by atoms with Crippen molar-refractivity contribution in [1.29, 1.82) is 0 Å². The van der Waals surface area contributed by atoms with Gasteiger partial charge in [0.05, 0.1) is 24.0 Å². The molecule has 3 N–H and O–H groups in total. The fourth-order valence-electron chi connectivity index (χ4n) is 1.73. The predicted molar refractivity (Wildman–Crippen MR) is 69.1 cm³/mol. The predicted octanol–water partition coefficient (Wildman–Crippen LogP) is 1.88. The van der Waals surface area contributed by atoms with E-state index in [2.05, 4.69) is 15.1 Å². The molecular formula is C12H14F3N5O. The lowest BCUT2D eigenvalue weighted by atomic mass is 10.1. The highest BCUT2D eigenvalue weighted by molar-refractivity contribution is 5.63. The van der Waals surface area contributed by atoms with Gasteiger partial charge in [-0.3, -0.25) is 4.68 Å². The van der Waals surface area contributed by atoms with Gasteiger partial charge in [-0.05, 0) is 13.8 Å². The summed E-state index contributed by atoms with van der Waals surface area (Å²) < 4.78 is 40.3. The van der Waals surface area contributed by atoms with Crippen molar-refractivity contribution in [3.05, 3.63) is 24.2 Å². The second kappa shape index (κ2) is 5.32. The first-order valence-electron chi connectivity index (χ1n) is 6.12. The minimum atomic E-state index is -4.60. The first-order chi connectivity index (χ1) is 9.70. The molecule has 0 aliphatic rings. The van der Waals surface area contributed by atoms with Gasteiger partial charge in [-0.2, -0.15) is 18.3 Å². The van der Waals surface area contributed by atoms with Crippen molar-refractivity contribution in [2.45, 2.75) is 32.2 Å². The minimum absolute atomic E-state index is 0.156. The van der Waals surface area contributed by atoms with Crippen molar-refractivity contribution in [2.75, 3.05) is 5.73 Å². The molecule has 0 fully saturated rings. The topological polar surface area (TPSA) is 89.8 Å². The highest BCUT2D eigenvalue weighted by Crippen LogP contribution is 2.35. The van der Waals surface area contributed by atoms with Crippen LogP contribution < -0.4 is 5.73 Å². The number of nitrogens with two attached hydrogens (primary N) is 1. The summed E-state index contributed by atoms with van der Waals surface area (Å²) in [4.78, 5) is 7.04. The molecule has 0 spiro atoms. The largest absolute Gasteiger partial charge is 0.419 e. The van der Waals surface area contributed by atoms with E-state index in [1.807, 2.05) is 0 Å². The zero-order chi connectivity index (χ0) is 15.8. The second-order valence-electron chi connectivity index (χ2n) is 4.68. The van der Waals surface area contributed by atoms with Crippen LogP contribution in [0.1, 0.15) is 25.5 Å². The lowest BCUT2D eigenvalue weighted by molar-refractivity contribution is -0.137. The number of aromatic nitrogens is 4. The van der Waals surface area contributed by atoms with E-state index in [-0.39, 0.29) is 23.2 Å². The number of hydrogen-bond acceptors (Lipinski definition) is 5. The Bertz CT molecular complexity index is 638. The molecule has 2 aromatic heterocycles. The monoisotopic (exact) mass is 301 g/mol. The van der Waals surface area contributed by atoms with E-state index in [1.165, 1.54) is 17.1 Å². The second-order valence-corrected chi connectivity index (χ2v) is 4.68. The first kappa shape index (κ1) is 15.2. The van der Waals surface area contributed by atoms with Crippen LogP contribution in [0.4, 0.5) is 19.1 Å². The minimum Gasteiger partial charge on any atom is -0.391 e. The number of nitrogen functional groups attached to an aromatic ring is 1. The summed E-state index contributed by atoms with van der Waals surface area (Å²) in [7, 11) is 0. The Morgan fingerprint density at radius 3 is 2.52 bits per heavy atom. The molecule has 0 unspecified atom stereocenters. The van der Waals surface area contributed by atoms with E-state index in [0.717, 1.165) is 0 Å². The highest BCUT2D eigenvalue weighted by atomic mass is 19.4. The molecule has 114 valence electrons. The van der Waals surface area contributed by atoms with Gasteiger partial charge in [-0.25, -0.2) is 9.97 Å². The average molecular weight is 301 g/mol. The normalized spacial score (nSPS) is 15.0. The Hall–Kier alpha value is -2.16. The molecule has 0 aromatic carbocycles. The van der Waals surface area contributed by atoms with Crippen LogP contribution >= 0.6 is 0 Å². The quantitative estimate of drug-likeness (QED) is 0.903. The van der Waals surface area contributed by atoms with Gasteiger partial charge in [0.2, 0.25) is 5.95 Å². The summed E-state index contributed by atoms with van der Waals surface area (Å²) >= 11 is 0. The summed E-state index contributed by atoms with van der Waals surface area (Å²) in [6, 6.07) is -0.382. The van der Waals surface area contributed by atoms with Gasteiger partial charge in [0.1, 0.15) is 5.56 Å². The summed E-state index contributed by atoms with van der Waals surface area (Å²) in [5, 5.41) is 13.5. The van der Waals surface area contributed by atoms with Gasteiger partial charge >= 0.3 is 6.18 Å². The lowest BCUT2D eigenvalue weighted by Gasteiger charge is -2.14. The van der Waals surface area contributed by atoms with Crippen LogP contribution in [0.3, 0.4) is 0 Å². The molecule has 2 aromatic rings. The average Bonchev–Trinajstić information content (AvgIpc) is 2.85. The van der Waals surface area contributed by atoms with Gasteiger partial charge in [-0.1, -0.05) is 0 Å². The standard InChI is InChI=1S/C12H14F3N5O/c1-6(7(2)21)20-5-8(3-18-20)10-9(12(13,14)15)4-17-11(16)19-10/h3-7,21H,1-2H3,(H2,16,17,19)/t6-,7+/m1/s1. The molecular weight excluding hydrogens is 287 g/mol. The molecule has 0 aliphatic carbocycles. The fourth-order valence-corrected chi connectivity index (χ4v) is 1.73. The first-order valence-corrected chi connectivity index (χ1v) is 6.12. The smallest absolute Gasteiger partial charge is 0.391 e. The van der Waals surface area contributed by atoms with Crippen molar-refractivity contribution in [2.24, 2.45) is 0 Å². The Morgan fingerprint density at radius 1 is 1.29 bits per heavy atom. The van der Waals surface area contributed by atoms with Crippen LogP contribution in [0.2, 0.25) is 0 Å². The molecule has 0 radical (unpaired) electrons. The highest BCUT2D eigenvalue weighted by Gasteiger charge is 2.35. The lowest BCUT2D eigenvalue weighted by Crippen LogP contribution is -2.18. The van der Waals surface area contributed by atoms with Crippen molar-refractivity contribution in [1.82, 2.24) is 19.7 Å². The van der Waals surface area contributed by atoms with Gasteiger partial charge < -0.3 is 10.8 Å². The van der Waals surface area contributed by atoms with Crippen LogP contribution in [0, 0.1) is 0 Å². The maximum absolute atomic E-state index is 13.0. The van der Waals surface area contributed by atoms with Gasteiger partial charge in [-0.15, -0.1) is 0 Å². The van der Waals surface area contributed by atoms with E-state index >= 15 is 0 Å². The zero-order valence-electron chi connectivity index (χ0n) is 11.3. The number of aliphatic hydroxyl groups excluding tert-OH is 1. The molecule has 9 heteroatoms. The van der Waals surface area contributed by atoms with E-state index in [9.17, 15) is 18.3 Å². The SMILES string of the molecule is C[C@H](O)[C@@H](C)n1cc(-c2nc(N)ncc2C(F)(F)F)cn1. The van der Waals surface area contributed by atoms with Crippen LogP contribution in [0.25, 0.3) is 11.3 Å². The maximum atomic E-state index is 13.0. The summed E-state index contributed by atoms with van der Waals surface area (Å²) in [5.41, 5.74) is 4.20. The van der Waals surface area contributed by atoms with E-state index in [0.29, 0.717) is 6.20 Å². The molecule has 2 rings (SSSR count). The number of alkyl halides is 3. The number of anilines is 1. The van der Waals surface area contributed by atoms with Crippen LogP contribution in [-0.2, 0) is 6.18 Å². The van der Waals surface area contributed by atoms with E-state index in [1.54, 1.807) is 13.8 Å². The van der Waals surface area contributed by atoms with E-state index < -0.39 is 17.8 Å². The van der Waals surface area contributed by atoms with E-state index in [4.69, 9.17) is 5.73 Å². The molecule has 0 saturated carbocycles. The molecule has 0 bridgehead atoms. The Morgan fingerprint density at radius 2 is 1.95 bits per heavy atom. The van der Waals surface area contributed by atoms with Gasteiger partial charge in [0.25, 0.3) is 0 Å². The molecule has 0 saturated heterocycles. The Kier molecular flexibility index (Phi) is 3.86. The molecule has 0 amide bonds. The van der Waals surface area contributed by atoms with Gasteiger partial charge in [0.15, 0.2) is 0 Å². The third kappa shape index (κ3) is 3.13. The van der Waals surface area contributed by atoms with Crippen molar-refractivity contribution in [3.8, 4) is 11.3 Å². The van der Waals surface area contributed by atoms with Crippen LogP contribution in [0.15, 0.2) is 18.6 Å². The molecule has 6 nitrogen and oxygen atoms in total. The molecule has 2 heterocycles. The third-order valence-electron chi connectivity index (χ3n) is 3.10. The van der Waals surface area contributed by atoms with Crippen molar-refractivity contribution < 1.29 is 18.3 Å². The van der Waals surface area contributed by atoms with Crippen molar-refractivity contribution >= 4 is 5.95 Å². The molecule has 21 heavy (non-hydrogen) atoms. The Labute approximate surface area is 118 Å². The van der Waals surface area contributed by atoms with Gasteiger partial charge in [0, 0.05) is 18.0 Å². The number of nitrogens with zero attached hydrogens (tertiary/aromatic N) is 4. The summed E-state index contributed by atoms with van der Waals surface area (Å²) in [5.74, 6) is -0.255. The van der Waals surface area contributed by atoms with Crippen molar-refractivity contribution in [3.63, 3.8) is 0 Å². The third-order valence-corrected chi connectivity index (χ3v) is 3.10. The molecule has 0 aliphatic heterocycles. The van der Waals surface area contributed by atoms with Crippen LogP contribution in [-0.4, -0.2) is 31.0 Å². The maximum Gasteiger partial charge on any atom is 0.419 e. The van der Waals surface area contributed by atoms with Crippen LogP contribution in [0.5, 0.6) is 0 Å². The Balaban J connectivity index is 2.50. The number of halogens is 3. The number of hydrogen-bond donors (Lipinski definition) is 2.